The van der Waals surface area contributed by atoms with Gasteiger partial charge in [-0.1, -0.05) is 28.5 Å². The zero-order valence-corrected chi connectivity index (χ0v) is 11.6. The second kappa shape index (κ2) is 6.11. The zero-order chi connectivity index (χ0) is 14.7. The molecule has 104 valence electrons. The molecule has 3 nitrogen and oxygen atoms in total. The molecule has 0 heterocycles. The second-order valence-corrected chi connectivity index (χ2v) is 5.36. The van der Waals surface area contributed by atoms with Gasteiger partial charge in [0.05, 0.1) is 0 Å². The van der Waals surface area contributed by atoms with E-state index in [0.717, 1.165) is 23.9 Å². The Labute approximate surface area is 123 Å². The van der Waals surface area contributed by atoms with Gasteiger partial charge in [-0.3, -0.25) is 0 Å². The molecule has 0 aliphatic heterocycles. The molecule has 0 saturated heterocycles. The molecule has 0 atom stereocenters. The molecule has 20 heavy (non-hydrogen) atoms. The van der Waals surface area contributed by atoms with Crippen LogP contribution in [0.2, 0.25) is 5.02 Å². The van der Waals surface area contributed by atoms with E-state index in [0.29, 0.717) is 20.4 Å². The van der Waals surface area contributed by atoms with Crippen molar-refractivity contribution in [2.45, 2.75) is 9.79 Å². The zero-order valence-electron chi connectivity index (χ0n) is 9.98. The molecular formula is C13H9ClF2N2OS. The minimum Gasteiger partial charge on any atom is -0.409 e. The van der Waals surface area contributed by atoms with Gasteiger partial charge < -0.3 is 10.9 Å². The van der Waals surface area contributed by atoms with E-state index in [9.17, 15) is 8.78 Å². The molecule has 0 unspecified atom stereocenters. The Kier molecular flexibility index (Phi) is 4.46. The van der Waals surface area contributed by atoms with Gasteiger partial charge >= 0.3 is 0 Å². The lowest BCUT2D eigenvalue weighted by molar-refractivity contribution is 0.318. The molecule has 0 aliphatic carbocycles. The molecule has 2 aromatic carbocycles. The van der Waals surface area contributed by atoms with Crippen LogP contribution in [-0.4, -0.2) is 11.0 Å². The van der Waals surface area contributed by atoms with Crippen molar-refractivity contribution in [3.8, 4) is 0 Å². The fraction of sp³-hybridized carbons (Fsp3) is 0. The summed E-state index contributed by atoms with van der Waals surface area (Å²) in [6.07, 6.45) is 0. The van der Waals surface area contributed by atoms with Crippen molar-refractivity contribution in [1.82, 2.24) is 0 Å². The molecule has 0 radical (unpaired) electrons. The highest BCUT2D eigenvalue weighted by atomic mass is 35.5. The van der Waals surface area contributed by atoms with Gasteiger partial charge in [0.1, 0.15) is 0 Å². The highest BCUT2D eigenvalue weighted by molar-refractivity contribution is 7.99. The average molecular weight is 315 g/mol. The third-order valence-corrected chi connectivity index (χ3v) is 3.74. The Morgan fingerprint density at radius 3 is 2.55 bits per heavy atom. The number of rotatable bonds is 3. The van der Waals surface area contributed by atoms with E-state index in [1.165, 1.54) is 12.1 Å². The molecule has 0 aliphatic rings. The van der Waals surface area contributed by atoms with E-state index in [4.69, 9.17) is 22.5 Å². The van der Waals surface area contributed by atoms with Gasteiger partial charge in [0.25, 0.3) is 0 Å². The van der Waals surface area contributed by atoms with Crippen molar-refractivity contribution in [1.29, 1.82) is 0 Å². The van der Waals surface area contributed by atoms with Crippen molar-refractivity contribution in [3.05, 3.63) is 58.6 Å². The van der Waals surface area contributed by atoms with E-state index in [1.807, 2.05) is 0 Å². The molecule has 0 saturated carbocycles. The Hall–Kier alpha value is -1.79. The first kappa shape index (κ1) is 14.6. The molecular weight excluding hydrogens is 306 g/mol. The van der Waals surface area contributed by atoms with E-state index in [1.54, 1.807) is 12.1 Å². The summed E-state index contributed by atoms with van der Waals surface area (Å²) in [5, 5.41) is 12.1. The third kappa shape index (κ3) is 3.20. The van der Waals surface area contributed by atoms with Crippen molar-refractivity contribution in [2.75, 3.05) is 0 Å². The van der Waals surface area contributed by atoms with Crippen LogP contribution >= 0.6 is 23.4 Å². The summed E-state index contributed by atoms with van der Waals surface area (Å²) in [6, 6.07) is 8.35. The summed E-state index contributed by atoms with van der Waals surface area (Å²) < 4.78 is 26.1. The van der Waals surface area contributed by atoms with Gasteiger partial charge in [0.15, 0.2) is 17.5 Å². The van der Waals surface area contributed by atoms with E-state index < -0.39 is 11.6 Å². The molecule has 0 fully saturated rings. The summed E-state index contributed by atoms with van der Waals surface area (Å²) in [7, 11) is 0. The maximum atomic E-state index is 13.2. The van der Waals surface area contributed by atoms with Crippen molar-refractivity contribution >= 4 is 29.2 Å². The maximum absolute atomic E-state index is 13.2. The molecule has 0 aromatic heterocycles. The molecule has 3 N–H and O–H groups in total. The van der Waals surface area contributed by atoms with Crippen LogP contribution in [0.25, 0.3) is 0 Å². The van der Waals surface area contributed by atoms with Crippen LogP contribution in [0.5, 0.6) is 0 Å². The number of amidine groups is 1. The maximum Gasteiger partial charge on any atom is 0.171 e. The molecule has 2 rings (SSSR count). The largest absolute Gasteiger partial charge is 0.409 e. The first-order valence-electron chi connectivity index (χ1n) is 5.41. The average Bonchev–Trinajstić information content (AvgIpc) is 2.44. The minimum atomic E-state index is -0.936. The van der Waals surface area contributed by atoms with Gasteiger partial charge in [0.2, 0.25) is 0 Å². The number of halogens is 3. The second-order valence-electron chi connectivity index (χ2n) is 3.80. The van der Waals surface area contributed by atoms with Crippen LogP contribution in [0.4, 0.5) is 8.78 Å². The highest BCUT2D eigenvalue weighted by Gasteiger charge is 2.11. The highest BCUT2D eigenvalue weighted by Crippen LogP contribution is 2.32. The summed E-state index contributed by atoms with van der Waals surface area (Å²) in [4.78, 5) is 1.09. The number of nitrogens with two attached hydrogens (primary N) is 1. The fourth-order valence-corrected chi connectivity index (χ4v) is 2.65. The SMILES string of the molecule is NC(=NO)c1cc(Cl)ccc1Sc1ccc(F)c(F)c1. The van der Waals surface area contributed by atoms with Crippen molar-refractivity contribution in [3.63, 3.8) is 0 Å². The Bertz CT molecular complexity index is 679. The van der Waals surface area contributed by atoms with E-state index in [-0.39, 0.29) is 5.84 Å². The smallest absolute Gasteiger partial charge is 0.171 e. The van der Waals surface area contributed by atoms with Crippen LogP contribution in [0.15, 0.2) is 51.3 Å². The lowest BCUT2D eigenvalue weighted by Crippen LogP contribution is -2.14. The number of hydrogen-bond donors (Lipinski definition) is 2. The molecule has 0 amide bonds. The first-order valence-corrected chi connectivity index (χ1v) is 6.61. The predicted octanol–water partition coefficient (Wildman–Crippen LogP) is 3.86. The number of oxime groups is 1. The van der Waals surface area contributed by atoms with E-state index in [2.05, 4.69) is 5.16 Å². The van der Waals surface area contributed by atoms with Crippen LogP contribution in [0.3, 0.4) is 0 Å². The van der Waals surface area contributed by atoms with Crippen molar-refractivity contribution in [2.24, 2.45) is 10.9 Å². The standard InChI is InChI=1S/C13H9ClF2N2OS/c14-7-1-4-12(9(5-7)13(17)18-19)20-8-2-3-10(15)11(16)6-8/h1-6,19H,(H2,17,18). The normalized spacial score (nSPS) is 11.7. The lowest BCUT2D eigenvalue weighted by atomic mass is 10.2. The topological polar surface area (TPSA) is 58.6 Å². The van der Waals surface area contributed by atoms with E-state index >= 15 is 0 Å². The summed E-state index contributed by atoms with van der Waals surface area (Å²) in [6.45, 7) is 0. The van der Waals surface area contributed by atoms with Crippen molar-refractivity contribution < 1.29 is 14.0 Å². The number of benzene rings is 2. The molecule has 0 bridgehead atoms. The van der Waals surface area contributed by atoms with Gasteiger partial charge in [0, 0.05) is 20.4 Å². The first-order chi connectivity index (χ1) is 9.51. The number of hydrogen-bond acceptors (Lipinski definition) is 3. The summed E-state index contributed by atoms with van der Waals surface area (Å²) in [5.74, 6) is -1.96. The Morgan fingerprint density at radius 2 is 1.90 bits per heavy atom. The Morgan fingerprint density at radius 1 is 1.15 bits per heavy atom. The molecule has 0 spiro atoms. The third-order valence-electron chi connectivity index (χ3n) is 2.44. The van der Waals surface area contributed by atoms with Gasteiger partial charge in [-0.25, -0.2) is 8.78 Å². The predicted molar refractivity (Wildman–Crippen MR) is 74.4 cm³/mol. The quantitative estimate of drug-likeness (QED) is 0.391. The molecule has 2 aromatic rings. The van der Waals surface area contributed by atoms with Crippen LogP contribution in [0.1, 0.15) is 5.56 Å². The van der Waals surface area contributed by atoms with Crippen LogP contribution < -0.4 is 5.73 Å². The van der Waals surface area contributed by atoms with Crippen LogP contribution in [0, 0.1) is 11.6 Å². The minimum absolute atomic E-state index is 0.113. The van der Waals surface area contributed by atoms with Gasteiger partial charge in [-0.05, 0) is 36.4 Å². The number of nitrogens with zero attached hydrogens (tertiary/aromatic N) is 1. The lowest BCUT2D eigenvalue weighted by Gasteiger charge is -2.08. The van der Waals surface area contributed by atoms with Gasteiger partial charge in [-0.15, -0.1) is 0 Å². The molecule has 7 heteroatoms. The Balaban J connectivity index is 2.40. The fourth-order valence-electron chi connectivity index (χ4n) is 1.51. The summed E-state index contributed by atoms with van der Waals surface area (Å²) in [5.41, 5.74) is 5.98. The van der Waals surface area contributed by atoms with Crippen LogP contribution in [-0.2, 0) is 0 Å². The monoisotopic (exact) mass is 314 g/mol. The van der Waals surface area contributed by atoms with Gasteiger partial charge in [-0.2, -0.15) is 0 Å². The summed E-state index contributed by atoms with van der Waals surface area (Å²) >= 11 is 7.01.